The molecule has 5 nitrogen and oxygen atoms in total. The van der Waals surface area contributed by atoms with E-state index in [1.54, 1.807) is 12.1 Å². The highest BCUT2D eigenvalue weighted by Gasteiger charge is 2.15. The van der Waals surface area contributed by atoms with Crippen molar-refractivity contribution in [2.75, 3.05) is 19.8 Å². The fraction of sp³-hybridized carbons (Fsp3) is 0.571. The first-order valence-electron chi connectivity index (χ1n) is 6.83. The molecule has 0 aromatic heterocycles. The predicted octanol–water partition coefficient (Wildman–Crippen LogP) is 1.77. The lowest BCUT2D eigenvalue weighted by Crippen LogP contribution is -2.28. The zero-order valence-electron chi connectivity index (χ0n) is 12.0. The van der Waals surface area contributed by atoms with E-state index in [4.69, 9.17) is 9.84 Å². The van der Waals surface area contributed by atoms with Crippen LogP contribution in [-0.4, -0.2) is 33.3 Å². The minimum absolute atomic E-state index is 0.0619. The van der Waals surface area contributed by atoms with Gasteiger partial charge in [0.05, 0.1) is 11.5 Å². The molecule has 20 heavy (non-hydrogen) atoms. The van der Waals surface area contributed by atoms with Gasteiger partial charge in [-0.2, -0.15) is 0 Å². The van der Waals surface area contributed by atoms with E-state index in [0.717, 1.165) is 6.42 Å². The molecule has 1 atom stereocenters. The normalized spacial score (nSPS) is 13.2. The highest BCUT2D eigenvalue weighted by Crippen LogP contribution is 2.16. The van der Waals surface area contributed by atoms with Crippen LogP contribution < -0.4 is 9.46 Å². The van der Waals surface area contributed by atoms with Crippen molar-refractivity contribution in [3.8, 4) is 5.75 Å². The Morgan fingerprint density at radius 2 is 1.95 bits per heavy atom. The molecule has 0 saturated heterocycles. The number of ether oxygens (including phenoxy) is 1. The third-order valence-corrected chi connectivity index (χ3v) is 4.29. The van der Waals surface area contributed by atoms with Crippen LogP contribution in [0.3, 0.4) is 0 Å². The van der Waals surface area contributed by atoms with Crippen LogP contribution in [0.25, 0.3) is 0 Å². The number of hydrogen-bond donors (Lipinski definition) is 2. The molecule has 0 fully saturated rings. The van der Waals surface area contributed by atoms with Crippen molar-refractivity contribution < 1.29 is 18.3 Å². The fourth-order valence-corrected chi connectivity index (χ4v) is 2.76. The number of benzene rings is 1. The maximum Gasteiger partial charge on any atom is 0.240 e. The van der Waals surface area contributed by atoms with Crippen LogP contribution in [0.4, 0.5) is 0 Å². The van der Waals surface area contributed by atoms with Gasteiger partial charge >= 0.3 is 0 Å². The molecule has 0 radical (unpaired) electrons. The quantitative estimate of drug-likeness (QED) is 0.729. The summed E-state index contributed by atoms with van der Waals surface area (Å²) in [6.45, 7) is 4.89. The van der Waals surface area contributed by atoms with E-state index in [1.165, 1.54) is 12.1 Å². The van der Waals surface area contributed by atoms with Crippen LogP contribution in [0, 0.1) is 5.92 Å². The first-order valence-corrected chi connectivity index (χ1v) is 8.31. The minimum Gasteiger partial charge on any atom is -0.494 e. The summed E-state index contributed by atoms with van der Waals surface area (Å²) in [5, 5.41) is 8.79. The van der Waals surface area contributed by atoms with E-state index < -0.39 is 10.0 Å². The molecule has 6 heteroatoms. The molecule has 0 heterocycles. The Balaban J connectivity index is 2.63. The Labute approximate surface area is 121 Å². The van der Waals surface area contributed by atoms with Gasteiger partial charge in [0.15, 0.2) is 0 Å². The van der Waals surface area contributed by atoms with Gasteiger partial charge in [0.1, 0.15) is 5.75 Å². The summed E-state index contributed by atoms with van der Waals surface area (Å²) in [6.07, 6.45) is 1.48. The van der Waals surface area contributed by atoms with Crippen LogP contribution in [0.1, 0.15) is 26.7 Å². The van der Waals surface area contributed by atoms with Gasteiger partial charge in [0, 0.05) is 13.2 Å². The van der Waals surface area contributed by atoms with Gasteiger partial charge in [-0.3, -0.25) is 0 Å². The fourth-order valence-electron chi connectivity index (χ4n) is 1.59. The Bertz CT molecular complexity index is 484. The number of aliphatic hydroxyl groups excluding tert-OH is 1. The van der Waals surface area contributed by atoms with E-state index in [9.17, 15) is 8.42 Å². The van der Waals surface area contributed by atoms with Gasteiger partial charge in [0.25, 0.3) is 0 Å². The average Bonchev–Trinajstić information content (AvgIpc) is 2.44. The standard InChI is InChI=1S/C14H23NO4S/c1-3-10-19-13-4-6-14(7-5-13)20(17,18)15-11-12(2)8-9-16/h4-7,12,15-16H,3,8-11H2,1-2H3. The molecule has 2 N–H and O–H groups in total. The average molecular weight is 301 g/mol. The Morgan fingerprint density at radius 1 is 1.30 bits per heavy atom. The van der Waals surface area contributed by atoms with Gasteiger partial charge < -0.3 is 9.84 Å². The molecule has 0 aliphatic heterocycles. The van der Waals surface area contributed by atoms with Crippen molar-refractivity contribution in [1.29, 1.82) is 0 Å². The first kappa shape index (κ1) is 16.9. The smallest absolute Gasteiger partial charge is 0.240 e. The molecule has 1 rings (SSSR count). The van der Waals surface area contributed by atoms with Crippen molar-refractivity contribution >= 4 is 10.0 Å². The summed E-state index contributed by atoms with van der Waals surface area (Å²) in [7, 11) is -3.50. The predicted molar refractivity (Wildman–Crippen MR) is 78.3 cm³/mol. The van der Waals surface area contributed by atoms with Gasteiger partial charge in [-0.05, 0) is 43.0 Å². The van der Waals surface area contributed by atoms with Crippen molar-refractivity contribution in [2.24, 2.45) is 5.92 Å². The van der Waals surface area contributed by atoms with Crippen LogP contribution in [0.15, 0.2) is 29.2 Å². The number of aliphatic hydroxyl groups is 1. The lowest BCUT2D eigenvalue weighted by molar-refractivity contribution is 0.263. The van der Waals surface area contributed by atoms with Crippen LogP contribution >= 0.6 is 0 Å². The van der Waals surface area contributed by atoms with Gasteiger partial charge in [0.2, 0.25) is 10.0 Å². The second kappa shape index (κ2) is 8.24. The Morgan fingerprint density at radius 3 is 2.50 bits per heavy atom. The number of nitrogens with one attached hydrogen (secondary N) is 1. The second-order valence-electron chi connectivity index (χ2n) is 4.79. The second-order valence-corrected chi connectivity index (χ2v) is 6.56. The highest BCUT2D eigenvalue weighted by atomic mass is 32.2. The van der Waals surface area contributed by atoms with E-state index in [2.05, 4.69) is 4.72 Å². The maximum atomic E-state index is 12.1. The summed E-state index contributed by atoms with van der Waals surface area (Å²) >= 11 is 0. The zero-order valence-corrected chi connectivity index (χ0v) is 12.8. The lowest BCUT2D eigenvalue weighted by Gasteiger charge is -2.12. The Kier molecular flexibility index (Phi) is 6.98. The third kappa shape index (κ3) is 5.48. The van der Waals surface area contributed by atoms with Gasteiger partial charge in [-0.1, -0.05) is 13.8 Å². The summed E-state index contributed by atoms with van der Waals surface area (Å²) in [6, 6.07) is 6.37. The number of hydrogen-bond acceptors (Lipinski definition) is 4. The minimum atomic E-state index is -3.50. The molecule has 0 spiro atoms. The topological polar surface area (TPSA) is 75.6 Å². The molecule has 0 aliphatic rings. The van der Waals surface area contributed by atoms with E-state index in [1.807, 2.05) is 13.8 Å². The first-order chi connectivity index (χ1) is 9.49. The molecular formula is C14H23NO4S. The SMILES string of the molecule is CCCOc1ccc(S(=O)(=O)NCC(C)CCO)cc1. The molecule has 1 unspecified atom stereocenters. The van der Waals surface area contributed by atoms with Gasteiger partial charge in [-0.15, -0.1) is 0 Å². The van der Waals surface area contributed by atoms with Crippen molar-refractivity contribution in [3.63, 3.8) is 0 Å². The van der Waals surface area contributed by atoms with Crippen LogP contribution in [0.2, 0.25) is 0 Å². The number of rotatable bonds is 9. The van der Waals surface area contributed by atoms with E-state index in [0.29, 0.717) is 25.3 Å². The highest BCUT2D eigenvalue weighted by molar-refractivity contribution is 7.89. The van der Waals surface area contributed by atoms with Crippen LogP contribution in [0.5, 0.6) is 5.75 Å². The summed E-state index contributed by atoms with van der Waals surface area (Å²) < 4.78 is 32.1. The monoisotopic (exact) mass is 301 g/mol. The zero-order chi connectivity index (χ0) is 15.0. The Hall–Kier alpha value is -1.11. The summed E-state index contributed by atoms with van der Waals surface area (Å²) in [5.74, 6) is 0.765. The largest absolute Gasteiger partial charge is 0.494 e. The van der Waals surface area contributed by atoms with E-state index >= 15 is 0 Å². The molecule has 0 amide bonds. The molecule has 114 valence electrons. The molecule has 1 aromatic rings. The molecule has 0 aliphatic carbocycles. The maximum absolute atomic E-state index is 12.1. The van der Waals surface area contributed by atoms with Crippen molar-refractivity contribution in [3.05, 3.63) is 24.3 Å². The number of sulfonamides is 1. The molecule has 1 aromatic carbocycles. The summed E-state index contributed by atoms with van der Waals surface area (Å²) in [4.78, 5) is 0.220. The lowest BCUT2D eigenvalue weighted by atomic mass is 10.1. The molecule has 0 saturated carbocycles. The summed E-state index contributed by atoms with van der Waals surface area (Å²) in [5.41, 5.74) is 0. The molecular weight excluding hydrogens is 278 g/mol. The van der Waals surface area contributed by atoms with E-state index in [-0.39, 0.29) is 17.4 Å². The van der Waals surface area contributed by atoms with Crippen molar-refractivity contribution in [2.45, 2.75) is 31.6 Å². The third-order valence-electron chi connectivity index (χ3n) is 2.85. The van der Waals surface area contributed by atoms with Gasteiger partial charge in [-0.25, -0.2) is 13.1 Å². The van der Waals surface area contributed by atoms with Crippen molar-refractivity contribution in [1.82, 2.24) is 4.72 Å². The van der Waals surface area contributed by atoms with Crippen LogP contribution in [-0.2, 0) is 10.0 Å². The molecule has 0 bridgehead atoms.